The van der Waals surface area contributed by atoms with Gasteiger partial charge in [-0.05, 0) is 72.7 Å². The van der Waals surface area contributed by atoms with Crippen LogP contribution in [0.25, 0.3) is 0 Å². The van der Waals surface area contributed by atoms with Crippen LogP contribution in [0.4, 0.5) is 0 Å². The number of benzene rings is 1. The number of hydrogen-bond acceptors (Lipinski definition) is 2. The minimum absolute atomic E-state index is 0.0973. The summed E-state index contributed by atoms with van der Waals surface area (Å²) < 4.78 is 6.69. The molecule has 104 valence electrons. The molecule has 4 heteroatoms. The van der Waals surface area contributed by atoms with Crippen molar-refractivity contribution in [2.45, 2.75) is 32.4 Å². The molecule has 1 aromatic carbocycles. The summed E-state index contributed by atoms with van der Waals surface area (Å²) in [6, 6.07) is 12.0. The van der Waals surface area contributed by atoms with Crippen molar-refractivity contribution in [1.82, 2.24) is 4.90 Å². The van der Waals surface area contributed by atoms with Gasteiger partial charge in [0.1, 0.15) is 11.5 Å². The molecule has 1 fully saturated rings. The van der Waals surface area contributed by atoms with Crippen LogP contribution in [0.2, 0.25) is 0 Å². The molecule has 3 nitrogen and oxygen atoms in total. The molecule has 1 saturated carbocycles. The van der Waals surface area contributed by atoms with E-state index in [9.17, 15) is 4.79 Å². The van der Waals surface area contributed by atoms with Crippen LogP contribution in [0.5, 0.6) is 0 Å². The third kappa shape index (κ3) is 3.06. The molecule has 2 aromatic rings. The van der Waals surface area contributed by atoms with Gasteiger partial charge in [-0.3, -0.25) is 4.79 Å². The molecular weight excluding hydrogens is 365 g/mol. The molecule has 0 aliphatic heterocycles. The van der Waals surface area contributed by atoms with E-state index in [4.69, 9.17) is 4.42 Å². The van der Waals surface area contributed by atoms with E-state index < -0.39 is 0 Å². The van der Waals surface area contributed by atoms with Gasteiger partial charge in [0.2, 0.25) is 0 Å². The van der Waals surface area contributed by atoms with E-state index in [1.165, 1.54) is 0 Å². The predicted molar refractivity (Wildman–Crippen MR) is 85.5 cm³/mol. The van der Waals surface area contributed by atoms with Gasteiger partial charge in [0, 0.05) is 15.2 Å². The van der Waals surface area contributed by atoms with Crippen molar-refractivity contribution in [2.75, 3.05) is 0 Å². The predicted octanol–water partition coefficient (Wildman–Crippen LogP) is 4.00. The summed E-state index contributed by atoms with van der Waals surface area (Å²) in [6.07, 6.45) is 2.19. The molecule has 1 heterocycles. The second-order valence-electron chi connectivity index (χ2n) is 5.19. The lowest BCUT2D eigenvalue weighted by Crippen LogP contribution is -2.32. The second-order valence-corrected chi connectivity index (χ2v) is 6.43. The Bertz CT molecular complexity index is 631. The molecule has 1 amide bonds. The number of amides is 1. The van der Waals surface area contributed by atoms with E-state index in [1.54, 1.807) is 0 Å². The summed E-state index contributed by atoms with van der Waals surface area (Å²) >= 11 is 2.23. The Morgan fingerprint density at radius 2 is 2.15 bits per heavy atom. The summed E-state index contributed by atoms with van der Waals surface area (Å²) in [4.78, 5) is 14.6. The highest BCUT2D eigenvalue weighted by Gasteiger charge is 2.33. The lowest BCUT2D eigenvalue weighted by molar-refractivity contribution is 0.0717. The summed E-state index contributed by atoms with van der Waals surface area (Å²) in [5.41, 5.74) is 0.757. The second kappa shape index (κ2) is 5.60. The van der Waals surface area contributed by atoms with Crippen LogP contribution in [0.15, 0.2) is 40.8 Å². The monoisotopic (exact) mass is 381 g/mol. The van der Waals surface area contributed by atoms with Crippen LogP contribution in [-0.4, -0.2) is 16.8 Å². The van der Waals surface area contributed by atoms with Gasteiger partial charge in [0.15, 0.2) is 0 Å². The zero-order valence-corrected chi connectivity index (χ0v) is 13.5. The third-order valence-electron chi connectivity index (χ3n) is 3.44. The normalized spacial score (nSPS) is 14.3. The first kappa shape index (κ1) is 13.7. The van der Waals surface area contributed by atoms with Crippen LogP contribution >= 0.6 is 22.6 Å². The number of furan rings is 1. The molecule has 0 N–H and O–H groups in total. The SMILES string of the molecule is Cc1ccc(CN(C(=O)c2cccc(I)c2)C2CC2)o1. The maximum Gasteiger partial charge on any atom is 0.254 e. The number of nitrogens with zero attached hydrogens (tertiary/aromatic N) is 1. The maximum atomic E-state index is 12.7. The minimum atomic E-state index is 0.0973. The smallest absolute Gasteiger partial charge is 0.254 e. The van der Waals surface area contributed by atoms with Crippen LogP contribution in [-0.2, 0) is 6.54 Å². The molecule has 20 heavy (non-hydrogen) atoms. The number of carbonyl (C=O) groups is 1. The summed E-state index contributed by atoms with van der Waals surface area (Å²) in [5.74, 6) is 1.84. The molecule has 1 aliphatic rings. The van der Waals surface area contributed by atoms with Gasteiger partial charge >= 0.3 is 0 Å². The first-order valence-corrected chi connectivity index (χ1v) is 7.83. The molecule has 1 aliphatic carbocycles. The Morgan fingerprint density at radius 3 is 2.75 bits per heavy atom. The molecule has 1 aromatic heterocycles. The van der Waals surface area contributed by atoms with E-state index in [-0.39, 0.29) is 5.91 Å². The van der Waals surface area contributed by atoms with Crippen molar-refractivity contribution in [2.24, 2.45) is 0 Å². The lowest BCUT2D eigenvalue weighted by Gasteiger charge is -2.21. The van der Waals surface area contributed by atoms with Gasteiger partial charge in [0.25, 0.3) is 5.91 Å². The van der Waals surface area contributed by atoms with Crippen molar-refractivity contribution in [3.8, 4) is 0 Å². The van der Waals surface area contributed by atoms with E-state index in [0.717, 1.165) is 33.5 Å². The van der Waals surface area contributed by atoms with Gasteiger partial charge in [-0.2, -0.15) is 0 Å². The highest BCUT2D eigenvalue weighted by molar-refractivity contribution is 14.1. The van der Waals surface area contributed by atoms with Crippen LogP contribution < -0.4 is 0 Å². The molecule has 0 atom stereocenters. The third-order valence-corrected chi connectivity index (χ3v) is 4.11. The Kier molecular flexibility index (Phi) is 3.83. The van der Waals surface area contributed by atoms with Gasteiger partial charge in [-0.1, -0.05) is 6.07 Å². The van der Waals surface area contributed by atoms with Crippen molar-refractivity contribution in [3.63, 3.8) is 0 Å². The first-order valence-electron chi connectivity index (χ1n) is 6.75. The Morgan fingerprint density at radius 1 is 1.35 bits per heavy atom. The van der Waals surface area contributed by atoms with E-state index in [0.29, 0.717) is 12.6 Å². The maximum absolute atomic E-state index is 12.7. The van der Waals surface area contributed by atoms with Crippen molar-refractivity contribution in [1.29, 1.82) is 0 Å². The van der Waals surface area contributed by atoms with Crippen molar-refractivity contribution < 1.29 is 9.21 Å². The summed E-state index contributed by atoms with van der Waals surface area (Å²) in [6.45, 7) is 2.48. The van der Waals surface area contributed by atoms with Crippen molar-refractivity contribution >= 4 is 28.5 Å². The fourth-order valence-corrected chi connectivity index (χ4v) is 2.82. The van der Waals surface area contributed by atoms with E-state index >= 15 is 0 Å². The number of halogens is 1. The minimum Gasteiger partial charge on any atom is -0.464 e. The van der Waals surface area contributed by atoms with Gasteiger partial charge in [-0.25, -0.2) is 0 Å². The summed E-state index contributed by atoms with van der Waals surface area (Å²) in [5, 5.41) is 0. The van der Waals surface area contributed by atoms with E-state index in [1.807, 2.05) is 48.2 Å². The number of carbonyl (C=O) groups excluding carboxylic acids is 1. The molecule has 0 saturated heterocycles. The average molecular weight is 381 g/mol. The summed E-state index contributed by atoms with van der Waals surface area (Å²) in [7, 11) is 0. The molecule has 0 spiro atoms. The highest BCUT2D eigenvalue weighted by atomic mass is 127. The van der Waals surface area contributed by atoms with Crippen LogP contribution in [0, 0.1) is 10.5 Å². The highest BCUT2D eigenvalue weighted by Crippen LogP contribution is 2.30. The molecule has 0 unspecified atom stereocenters. The Balaban J connectivity index is 1.81. The van der Waals surface area contributed by atoms with E-state index in [2.05, 4.69) is 22.6 Å². The van der Waals surface area contributed by atoms with Crippen LogP contribution in [0.1, 0.15) is 34.7 Å². The van der Waals surface area contributed by atoms with Crippen molar-refractivity contribution in [3.05, 3.63) is 57.1 Å². The molecule has 0 bridgehead atoms. The molecule has 3 rings (SSSR count). The lowest BCUT2D eigenvalue weighted by atomic mass is 10.2. The number of hydrogen-bond donors (Lipinski definition) is 0. The Hall–Kier alpha value is -1.30. The van der Waals surface area contributed by atoms with Gasteiger partial charge in [-0.15, -0.1) is 0 Å². The first-order chi connectivity index (χ1) is 9.63. The Labute approximate surface area is 132 Å². The standard InChI is InChI=1S/C16H16INO2/c1-11-5-8-15(20-11)10-18(14-6-7-14)16(19)12-3-2-4-13(17)9-12/h2-5,8-9,14H,6-7,10H2,1H3. The average Bonchev–Trinajstić information content (AvgIpc) is 3.19. The number of rotatable bonds is 4. The zero-order valence-electron chi connectivity index (χ0n) is 11.3. The number of aryl methyl sites for hydroxylation is 1. The zero-order chi connectivity index (χ0) is 14.1. The fraction of sp³-hybridized carbons (Fsp3) is 0.312. The molecule has 0 radical (unpaired) electrons. The molecular formula is C16H16INO2. The fourth-order valence-electron chi connectivity index (χ4n) is 2.28. The topological polar surface area (TPSA) is 33.5 Å². The largest absolute Gasteiger partial charge is 0.464 e. The quantitative estimate of drug-likeness (QED) is 0.751. The van der Waals surface area contributed by atoms with Crippen LogP contribution in [0.3, 0.4) is 0 Å². The van der Waals surface area contributed by atoms with Gasteiger partial charge in [0.05, 0.1) is 6.54 Å². The van der Waals surface area contributed by atoms with Gasteiger partial charge < -0.3 is 9.32 Å².